The Balaban J connectivity index is 2.83. The van der Waals surface area contributed by atoms with Gasteiger partial charge >= 0.3 is 37.7 Å². The van der Waals surface area contributed by atoms with Crippen molar-refractivity contribution in [3.05, 3.63) is 12.2 Å². The van der Waals surface area contributed by atoms with Crippen LogP contribution in [0.1, 0.15) is 562 Å². The summed E-state index contributed by atoms with van der Waals surface area (Å²) in [7, 11) is -5.68. The lowest BCUT2D eigenvalue weighted by Crippen LogP contribution is -2.67. The Morgan fingerprint density at radius 2 is 0.572 bits per heavy atom. The molecule has 0 aliphatic carbocycles. The second kappa shape index (κ2) is 90.4. The van der Waals surface area contributed by atoms with Crippen LogP contribution >= 0.6 is 7.82 Å². The highest BCUT2D eigenvalue weighted by atomic mass is 31.2. The van der Waals surface area contributed by atoms with E-state index in [1.807, 2.05) is 0 Å². The van der Waals surface area contributed by atoms with Gasteiger partial charge in [-0.3, -0.25) is 38.1 Å². The van der Waals surface area contributed by atoms with Gasteiger partial charge in [0, 0.05) is 19.3 Å². The SMILES string of the molecule is CCCCCC/C=C\CCCCCCCC(=O)OC(CCCCCCCCCCC)CC(=O)NC1[C@H](OCC2OC(OP(=O)(O)O)C(NC(=O)CC(CCCCCCCCCCC)OC(=O)CCCCCCCCCCCCCCC)[C@@H](OC(=O)CC(O)CCCCCCCCCCC)[C@@H]2O)OC(CO)[C@@H](O)[C@@H]1OC(=O)CC(CCCCCCCCCCC)OC(=O)CCCCCCCCCCC. The fraction of sp³-hybridized carbons (Fsp3) is 0.920. The first-order valence-electron chi connectivity index (χ1n) is 57.6. The Kier molecular flexibility index (Phi) is 85.1. The van der Waals surface area contributed by atoms with Crippen molar-refractivity contribution in [2.45, 2.75) is 648 Å². The number of nitrogens with one attached hydrogen (secondary N) is 2. The Morgan fingerprint density at radius 3 is 0.884 bits per heavy atom. The first-order valence-corrected chi connectivity index (χ1v) is 59.1. The number of phosphoric acid groups is 1. The van der Waals surface area contributed by atoms with Crippen LogP contribution in [0.25, 0.3) is 0 Å². The number of carbonyl (C=O) groups is 7. The summed E-state index contributed by atoms with van der Waals surface area (Å²) < 4.78 is 68.8. The molecule has 2 heterocycles. The Morgan fingerprint density at radius 1 is 0.319 bits per heavy atom. The molecule has 2 fully saturated rings. The molecule has 2 amide bonds. The van der Waals surface area contributed by atoms with Crippen molar-refractivity contribution in [1.29, 1.82) is 0 Å². The van der Waals surface area contributed by atoms with Gasteiger partial charge in [0.05, 0.1) is 45.0 Å². The summed E-state index contributed by atoms with van der Waals surface area (Å²) in [6.07, 6.45) is 56.5. The average molecular weight is 1980 g/mol. The van der Waals surface area contributed by atoms with E-state index in [1.54, 1.807) is 0 Å². The van der Waals surface area contributed by atoms with Crippen LogP contribution in [0.2, 0.25) is 0 Å². The summed E-state index contributed by atoms with van der Waals surface area (Å²) >= 11 is 0. The van der Waals surface area contributed by atoms with Crippen LogP contribution < -0.4 is 10.6 Å². The van der Waals surface area contributed by atoms with Crippen LogP contribution in [0, 0.1) is 0 Å². The lowest BCUT2D eigenvalue weighted by molar-refractivity contribution is -0.298. The highest BCUT2D eigenvalue weighted by molar-refractivity contribution is 7.46. The van der Waals surface area contributed by atoms with Gasteiger partial charge in [-0.2, -0.15) is 0 Å². The maximum Gasteiger partial charge on any atom is 0.472 e. The van der Waals surface area contributed by atoms with Crippen LogP contribution in [-0.2, 0) is 80.5 Å². The van der Waals surface area contributed by atoms with Gasteiger partial charge in [0.1, 0.15) is 54.8 Å². The molecule has 0 bridgehead atoms. The smallest absolute Gasteiger partial charge is 0.462 e. The minimum absolute atomic E-state index is 0.126. The normalized spacial score (nSPS) is 19.3. The molecule has 9 unspecified atom stereocenters. The molecule has 0 aromatic rings. The van der Waals surface area contributed by atoms with Crippen molar-refractivity contribution in [3.63, 3.8) is 0 Å². The van der Waals surface area contributed by atoms with Crippen LogP contribution in [-0.4, -0.2) is 171 Å². The zero-order valence-electron chi connectivity index (χ0n) is 88.8. The molecule has 0 aromatic carbocycles. The fourth-order valence-corrected chi connectivity index (χ4v) is 19.4. The minimum Gasteiger partial charge on any atom is -0.462 e. The van der Waals surface area contributed by atoms with Crippen LogP contribution in [0.4, 0.5) is 0 Å². The maximum absolute atomic E-state index is 15.2. The molecule has 0 aromatic heterocycles. The van der Waals surface area contributed by atoms with E-state index in [2.05, 4.69) is 71.3 Å². The predicted octanol–water partition coefficient (Wildman–Crippen LogP) is 27.1. The van der Waals surface area contributed by atoms with E-state index in [9.17, 15) is 63.5 Å². The molecule has 138 heavy (non-hydrogen) atoms. The van der Waals surface area contributed by atoms with Crippen molar-refractivity contribution in [1.82, 2.24) is 10.6 Å². The van der Waals surface area contributed by atoms with Gasteiger partial charge in [-0.1, -0.05) is 439 Å². The molecule has 25 nitrogen and oxygen atoms in total. The number of phosphoric ester groups is 1. The number of carbonyl (C=O) groups excluding carboxylic acids is 7. The number of hydrogen-bond donors (Lipinski definition) is 8. The molecule has 2 aliphatic rings. The number of esters is 5. The standard InChI is InChI=1S/C112H209N2O23P/c1-8-15-22-29-36-43-45-47-49-56-63-70-76-83-100(119)130-93(80-73-66-59-52-39-32-25-18-11-4)87-98(117)113-105-109(136-104(123)89-95(82-75-68-61-54-41-34-27-20-13-6)132-102(121)85-78-69-62-55-42-35-28-21-14-7)107(124)96(90-115)133-111(105)129-91-97-108(125)110(135-103(122)86-92(116)79-72-65-58-51-38-31-24-17-10-3)106(112(134-97)137-138(126,127)128)114-99(118)88-94(81-74-67-60-53-40-33-26-19-12-5)131-101(120)84-77-71-64-57-50-48-46-44-37-30-23-16-9-2/h43,45,92-97,105-112,115-116,124-125H,8-42,44,46-91H2,1-7H3,(H,113,117)(H,114,118)(H2,126,127,128)/b45-43-/t92?,93?,94?,95?,96?,97?,105?,106?,107-,108-,109-,110-,111-,112?/m1/s1. The molecule has 14 atom stereocenters. The summed E-state index contributed by atoms with van der Waals surface area (Å²) in [5, 5.41) is 53.4. The third-order valence-corrected chi connectivity index (χ3v) is 28.0. The van der Waals surface area contributed by atoms with Crippen LogP contribution in [0.15, 0.2) is 12.2 Å². The number of aliphatic hydroxyl groups is 4. The number of rotatable bonds is 98. The summed E-state index contributed by atoms with van der Waals surface area (Å²) in [6, 6.07) is -3.62. The van der Waals surface area contributed by atoms with E-state index < -0.39 is 174 Å². The fourth-order valence-electron chi connectivity index (χ4n) is 19.0. The Labute approximate surface area is 839 Å². The average Bonchev–Trinajstić information content (AvgIpc) is 0.780. The topological polar surface area (TPSA) is 365 Å². The highest BCUT2D eigenvalue weighted by Crippen LogP contribution is 2.42. The van der Waals surface area contributed by atoms with E-state index in [0.29, 0.717) is 64.2 Å². The molecule has 8 N–H and O–H groups in total. The highest BCUT2D eigenvalue weighted by Gasteiger charge is 2.54. The van der Waals surface area contributed by atoms with Crippen molar-refractivity contribution in [2.24, 2.45) is 0 Å². The number of amides is 2. The number of hydrogen-bond acceptors (Lipinski definition) is 21. The monoisotopic (exact) mass is 1980 g/mol. The second-order valence-electron chi connectivity index (χ2n) is 40.7. The van der Waals surface area contributed by atoms with E-state index in [4.69, 9.17) is 42.4 Å². The minimum atomic E-state index is -5.68. The Bertz CT molecular complexity index is 2980. The second-order valence-corrected chi connectivity index (χ2v) is 41.9. The lowest BCUT2D eigenvalue weighted by Gasteiger charge is -2.46. The first kappa shape index (κ1) is 130. The number of unbranched alkanes of at least 4 members (excludes halogenated alkanes) is 61. The molecular formula is C112H209N2O23P. The Hall–Kier alpha value is -4.14. The van der Waals surface area contributed by atoms with Crippen molar-refractivity contribution in [2.75, 3.05) is 13.2 Å². The van der Waals surface area contributed by atoms with Crippen LogP contribution in [0.3, 0.4) is 0 Å². The molecular weight excluding hydrogens is 1770 g/mol. The zero-order valence-corrected chi connectivity index (χ0v) is 89.7. The quantitative estimate of drug-likeness (QED) is 0.00922. The zero-order chi connectivity index (χ0) is 101. The van der Waals surface area contributed by atoms with Crippen LogP contribution in [0.5, 0.6) is 0 Å². The summed E-state index contributed by atoms with van der Waals surface area (Å²) in [4.78, 5) is 123. The van der Waals surface area contributed by atoms with E-state index >= 15 is 4.79 Å². The summed E-state index contributed by atoms with van der Waals surface area (Å²) in [5.74, 6) is -5.01. The van der Waals surface area contributed by atoms with Gasteiger partial charge in [-0.15, -0.1) is 0 Å². The largest absolute Gasteiger partial charge is 0.472 e. The van der Waals surface area contributed by atoms with Crippen molar-refractivity contribution < 1.29 is 111 Å². The number of ether oxygens (including phenoxy) is 8. The third kappa shape index (κ3) is 72.2. The van der Waals surface area contributed by atoms with Crippen molar-refractivity contribution in [3.8, 4) is 0 Å². The van der Waals surface area contributed by atoms with Gasteiger partial charge in [0.2, 0.25) is 11.8 Å². The molecule has 2 aliphatic heterocycles. The summed E-state index contributed by atoms with van der Waals surface area (Å²) in [6.45, 7) is 13.5. The van der Waals surface area contributed by atoms with Gasteiger partial charge in [0.25, 0.3) is 0 Å². The van der Waals surface area contributed by atoms with E-state index in [-0.39, 0.29) is 25.7 Å². The van der Waals surface area contributed by atoms with E-state index in [0.717, 1.165) is 244 Å². The van der Waals surface area contributed by atoms with Gasteiger partial charge < -0.3 is 78.7 Å². The van der Waals surface area contributed by atoms with Gasteiger partial charge in [-0.05, 0) is 89.9 Å². The number of aliphatic hydroxyl groups excluding tert-OH is 4. The third-order valence-electron chi connectivity index (χ3n) is 27.5. The number of allylic oxidation sites excluding steroid dienone is 2. The molecule has 810 valence electrons. The molecule has 0 radical (unpaired) electrons. The summed E-state index contributed by atoms with van der Waals surface area (Å²) in [5.41, 5.74) is 0. The molecule has 0 saturated carbocycles. The maximum atomic E-state index is 15.2. The van der Waals surface area contributed by atoms with Gasteiger partial charge in [0.15, 0.2) is 24.8 Å². The molecule has 2 rings (SSSR count). The molecule has 2 saturated heterocycles. The van der Waals surface area contributed by atoms with Crippen molar-refractivity contribution >= 4 is 49.5 Å². The lowest BCUT2D eigenvalue weighted by atomic mass is 9.95. The first-order chi connectivity index (χ1) is 67.1. The van der Waals surface area contributed by atoms with E-state index in [1.165, 1.54) is 154 Å². The molecule has 26 heteroatoms. The predicted molar refractivity (Wildman–Crippen MR) is 553 cm³/mol. The van der Waals surface area contributed by atoms with Gasteiger partial charge in [-0.25, -0.2) is 4.57 Å². The molecule has 0 spiro atoms.